The molecule has 1 N–H and O–H groups in total. The highest BCUT2D eigenvalue weighted by Gasteiger charge is 2.19. The zero-order chi connectivity index (χ0) is 20.2. The van der Waals surface area contributed by atoms with E-state index < -0.39 is 10.0 Å². The summed E-state index contributed by atoms with van der Waals surface area (Å²) in [5.74, 6) is -0.204. The Labute approximate surface area is 162 Å². The molecule has 0 atom stereocenters. The van der Waals surface area contributed by atoms with E-state index in [1.807, 2.05) is 49.4 Å². The molecule has 0 saturated heterocycles. The molecule has 1 amide bonds. The van der Waals surface area contributed by atoms with Gasteiger partial charge in [0, 0.05) is 12.1 Å². The molecule has 0 fully saturated rings. The molecule has 0 heterocycles. The molecule has 0 unspecified atom stereocenters. The monoisotopic (exact) mass is 388 g/mol. The van der Waals surface area contributed by atoms with E-state index in [1.54, 1.807) is 6.07 Å². The van der Waals surface area contributed by atoms with Gasteiger partial charge >= 0.3 is 0 Å². The summed E-state index contributed by atoms with van der Waals surface area (Å²) in [6.07, 6.45) is 1.17. The Balaban J connectivity index is 2.10. The van der Waals surface area contributed by atoms with E-state index in [1.165, 1.54) is 10.6 Å². The predicted molar refractivity (Wildman–Crippen MR) is 111 cm³/mol. The minimum atomic E-state index is -3.45. The lowest BCUT2D eigenvalue weighted by Gasteiger charge is -2.24. The van der Waals surface area contributed by atoms with Crippen LogP contribution in [0.25, 0.3) is 0 Å². The zero-order valence-electron chi connectivity index (χ0n) is 16.6. The van der Waals surface area contributed by atoms with Crippen molar-refractivity contribution in [2.24, 2.45) is 0 Å². The highest BCUT2D eigenvalue weighted by Crippen LogP contribution is 2.25. The lowest BCUT2D eigenvalue weighted by Crippen LogP contribution is -2.38. The molecule has 0 aliphatic carbocycles. The van der Waals surface area contributed by atoms with Crippen molar-refractivity contribution in [1.29, 1.82) is 0 Å². The van der Waals surface area contributed by atoms with Crippen LogP contribution in [0.15, 0.2) is 48.5 Å². The molecule has 0 aliphatic rings. The number of rotatable bonds is 6. The van der Waals surface area contributed by atoms with Crippen LogP contribution in [-0.4, -0.2) is 33.7 Å². The number of anilines is 1. The third-order valence-electron chi connectivity index (χ3n) is 4.41. The summed E-state index contributed by atoms with van der Waals surface area (Å²) < 4.78 is 25.8. The lowest BCUT2D eigenvalue weighted by molar-refractivity contribution is 0.0954. The Hall–Kier alpha value is -2.34. The summed E-state index contributed by atoms with van der Waals surface area (Å²) in [5, 5.41) is 2.80. The second kappa shape index (κ2) is 8.13. The smallest absolute Gasteiger partial charge is 0.251 e. The van der Waals surface area contributed by atoms with Gasteiger partial charge in [-0.05, 0) is 41.7 Å². The van der Waals surface area contributed by atoms with Gasteiger partial charge in [-0.25, -0.2) is 8.42 Å². The third-order valence-corrected chi connectivity index (χ3v) is 5.61. The van der Waals surface area contributed by atoms with Gasteiger partial charge in [-0.15, -0.1) is 0 Å². The summed E-state index contributed by atoms with van der Waals surface area (Å²) in [6, 6.07) is 14.8. The van der Waals surface area contributed by atoms with Crippen molar-refractivity contribution in [3.05, 3.63) is 65.2 Å². The summed E-state index contributed by atoms with van der Waals surface area (Å²) in [6.45, 7) is 8.59. The van der Waals surface area contributed by atoms with E-state index in [2.05, 4.69) is 26.1 Å². The van der Waals surface area contributed by atoms with Gasteiger partial charge in [0.05, 0.1) is 18.5 Å². The minimum absolute atomic E-state index is 0.00400. The molecule has 0 saturated carbocycles. The molecule has 27 heavy (non-hydrogen) atoms. The van der Waals surface area contributed by atoms with Crippen molar-refractivity contribution in [3.63, 3.8) is 0 Å². The molecule has 0 radical (unpaired) electrons. The fourth-order valence-electron chi connectivity index (χ4n) is 2.81. The third kappa shape index (κ3) is 5.57. The molecule has 2 aromatic rings. The largest absolute Gasteiger partial charge is 0.350 e. The topological polar surface area (TPSA) is 66.5 Å². The van der Waals surface area contributed by atoms with Gasteiger partial charge in [-0.2, -0.15) is 0 Å². The van der Waals surface area contributed by atoms with Gasteiger partial charge in [-0.3, -0.25) is 9.10 Å². The van der Waals surface area contributed by atoms with Crippen LogP contribution in [0.1, 0.15) is 42.3 Å². The standard InChI is InChI=1S/C21H28N2O3S/c1-16-8-6-7-9-19(16)20(24)22-14-15-23(27(5,25)26)18-12-10-17(11-13-18)21(2,3)4/h6-13H,14-15H2,1-5H3,(H,22,24). The zero-order valence-corrected chi connectivity index (χ0v) is 17.4. The first-order valence-corrected chi connectivity index (χ1v) is 10.8. The molecule has 2 aromatic carbocycles. The molecule has 0 aliphatic heterocycles. The first-order valence-electron chi connectivity index (χ1n) is 8.92. The number of carbonyl (C=O) groups is 1. The molecule has 2 rings (SSSR count). The average molecular weight is 389 g/mol. The highest BCUT2D eigenvalue weighted by molar-refractivity contribution is 7.92. The minimum Gasteiger partial charge on any atom is -0.350 e. The van der Waals surface area contributed by atoms with Crippen LogP contribution >= 0.6 is 0 Å². The summed E-state index contributed by atoms with van der Waals surface area (Å²) >= 11 is 0. The van der Waals surface area contributed by atoms with Gasteiger partial charge in [0.1, 0.15) is 0 Å². The van der Waals surface area contributed by atoms with Gasteiger partial charge in [0.2, 0.25) is 10.0 Å². The number of sulfonamides is 1. The number of hydrogen-bond donors (Lipinski definition) is 1. The maximum Gasteiger partial charge on any atom is 0.251 e. The van der Waals surface area contributed by atoms with E-state index >= 15 is 0 Å². The quantitative estimate of drug-likeness (QED) is 0.824. The van der Waals surface area contributed by atoms with Crippen LogP contribution < -0.4 is 9.62 Å². The van der Waals surface area contributed by atoms with Crippen LogP contribution in [0.5, 0.6) is 0 Å². The average Bonchev–Trinajstić information content (AvgIpc) is 2.57. The molecule has 5 nitrogen and oxygen atoms in total. The summed E-state index contributed by atoms with van der Waals surface area (Å²) in [5.41, 5.74) is 3.20. The number of nitrogens with zero attached hydrogens (tertiary/aromatic N) is 1. The maximum atomic E-state index is 12.3. The number of aryl methyl sites for hydroxylation is 1. The number of benzene rings is 2. The van der Waals surface area contributed by atoms with Crippen molar-refractivity contribution < 1.29 is 13.2 Å². The molecular formula is C21H28N2O3S. The summed E-state index contributed by atoms with van der Waals surface area (Å²) in [4.78, 5) is 12.3. The second-order valence-corrected chi connectivity index (χ2v) is 9.61. The van der Waals surface area contributed by atoms with Crippen LogP contribution in [0.3, 0.4) is 0 Å². The number of nitrogens with one attached hydrogen (secondary N) is 1. The lowest BCUT2D eigenvalue weighted by atomic mass is 9.87. The van der Waals surface area contributed by atoms with E-state index in [4.69, 9.17) is 0 Å². The van der Waals surface area contributed by atoms with E-state index in [9.17, 15) is 13.2 Å². The van der Waals surface area contributed by atoms with Gasteiger partial charge in [0.25, 0.3) is 5.91 Å². The Morgan fingerprint density at radius 2 is 1.63 bits per heavy atom. The molecule has 146 valence electrons. The van der Waals surface area contributed by atoms with Crippen LogP contribution in [-0.2, 0) is 15.4 Å². The van der Waals surface area contributed by atoms with Gasteiger partial charge < -0.3 is 5.32 Å². The Bertz CT molecular complexity index is 898. The van der Waals surface area contributed by atoms with Crippen molar-refractivity contribution >= 4 is 21.6 Å². The molecule has 6 heteroatoms. The fourth-order valence-corrected chi connectivity index (χ4v) is 3.74. The van der Waals surface area contributed by atoms with E-state index in [-0.39, 0.29) is 24.4 Å². The Morgan fingerprint density at radius 1 is 1.04 bits per heavy atom. The van der Waals surface area contributed by atoms with Crippen LogP contribution in [0.2, 0.25) is 0 Å². The maximum absolute atomic E-state index is 12.3. The normalized spacial score (nSPS) is 11.9. The number of hydrogen-bond acceptors (Lipinski definition) is 3. The number of amides is 1. The van der Waals surface area contributed by atoms with E-state index in [0.717, 1.165) is 11.1 Å². The molecule has 0 aromatic heterocycles. The Morgan fingerprint density at radius 3 is 2.15 bits per heavy atom. The van der Waals surface area contributed by atoms with Crippen molar-refractivity contribution in [2.75, 3.05) is 23.7 Å². The number of carbonyl (C=O) groups excluding carboxylic acids is 1. The molecule has 0 bridgehead atoms. The van der Waals surface area contributed by atoms with E-state index in [0.29, 0.717) is 11.3 Å². The van der Waals surface area contributed by atoms with Crippen LogP contribution in [0, 0.1) is 6.92 Å². The highest BCUT2D eigenvalue weighted by atomic mass is 32.2. The van der Waals surface area contributed by atoms with Crippen molar-refractivity contribution in [1.82, 2.24) is 5.32 Å². The SMILES string of the molecule is Cc1ccccc1C(=O)NCCN(c1ccc(C(C)(C)C)cc1)S(C)(=O)=O. The Kier molecular flexibility index (Phi) is 6.31. The van der Waals surface area contributed by atoms with Gasteiger partial charge in [-0.1, -0.05) is 51.1 Å². The molecule has 0 spiro atoms. The second-order valence-electron chi connectivity index (χ2n) is 7.70. The van der Waals surface area contributed by atoms with Gasteiger partial charge in [0.15, 0.2) is 0 Å². The first-order chi connectivity index (χ1) is 12.5. The summed E-state index contributed by atoms with van der Waals surface area (Å²) in [7, 11) is -3.45. The van der Waals surface area contributed by atoms with Crippen LogP contribution in [0.4, 0.5) is 5.69 Å². The van der Waals surface area contributed by atoms with Crippen molar-refractivity contribution in [3.8, 4) is 0 Å². The fraction of sp³-hybridized carbons (Fsp3) is 0.381. The predicted octanol–water partition coefficient (Wildman–Crippen LogP) is 3.49. The first kappa shape index (κ1) is 21.0. The van der Waals surface area contributed by atoms with Crippen molar-refractivity contribution in [2.45, 2.75) is 33.1 Å². The molecular weight excluding hydrogens is 360 g/mol.